The predicted octanol–water partition coefficient (Wildman–Crippen LogP) is 1.75. The van der Waals surface area contributed by atoms with Crippen molar-refractivity contribution in [2.45, 2.75) is 19.8 Å². The van der Waals surface area contributed by atoms with E-state index >= 15 is 0 Å². The maximum Gasteiger partial charge on any atom is 0.313 e. The molecular weight excluding hydrogens is 192 g/mol. The van der Waals surface area contributed by atoms with Crippen molar-refractivity contribution in [1.82, 2.24) is 0 Å². The SMILES string of the molecule is CC(=O)CC(=O)OCCc1ccccc1. The average molecular weight is 206 g/mol. The molecule has 3 heteroatoms. The van der Waals surface area contributed by atoms with E-state index in [0.717, 1.165) is 5.56 Å². The number of ether oxygens (including phenoxy) is 1. The van der Waals surface area contributed by atoms with Crippen molar-refractivity contribution in [3.63, 3.8) is 0 Å². The Labute approximate surface area is 89.1 Å². The van der Waals surface area contributed by atoms with Crippen LogP contribution < -0.4 is 0 Å². The van der Waals surface area contributed by atoms with Gasteiger partial charge in [-0.1, -0.05) is 30.3 Å². The van der Waals surface area contributed by atoms with Crippen LogP contribution in [-0.2, 0) is 20.7 Å². The molecule has 0 aromatic heterocycles. The Hall–Kier alpha value is -1.64. The molecule has 0 unspecified atom stereocenters. The second-order valence-electron chi connectivity index (χ2n) is 3.33. The molecule has 0 bridgehead atoms. The summed E-state index contributed by atoms with van der Waals surface area (Å²) in [5, 5.41) is 0. The minimum atomic E-state index is -0.446. The van der Waals surface area contributed by atoms with Gasteiger partial charge in [-0.05, 0) is 12.5 Å². The number of ketones is 1. The number of Topliss-reactive ketones (excluding diaryl/α,β-unsaturated/α-hetero) is 1. The van der Waals surface area contributed by atoms with Gasteiger partial charge in [0, 0.05) is 6.42 Å². The highest BCUT2D eigenvalue weighted by Crippen LogP contribution is 2.00. The predicted molar refractivity (Wildman–Crippen MR) is 56.4 cm³/mol. The molecule has 0 aliphatic carbocycles. The molecular formula is C12H14O3. The summed E-state index contributed by atoms with van der Waals surface area (Å²) in [7, 11) is 0. The van der Waals surface area contributed by atoms with Gasteiger partial charge in [0.25, 0.3) is 0 Å². The van der Waals surface area contributed by atoms with Gasteiger partial charge in [0.05, 0.1) is 6.61 Å². The van der Waals surface area contributed by atoms with Crippen molar-refractivity contribution in [3.05, 3.63) is 35.9 Å². The van der Waals surface area contributed by atoms with Gasteiger partial charge >= 0.3 is 5.97 Å². The number of benzene rings is 1. The minimum Gasteiger partial charge on any atom is -0.465 e. The maximum atomic E-state index is 11.0. The molecule has 1 aromatic carbocycles. The molecule has 0 saturated heterocycles. The average Bonchev–Trinajstić information content (AvgIpc) is 2.18. The lowest BCUT2D eigenvalue weighted by Crippen LogP contribution is -2.10. The number of esters is 1. The van der Waals surface area contributed by atoms with Gasteiger partial charge in [-0.25, -0.2) is 0 Å². The lowest BCUT2D eigenvalue weighted by atomic mass is 10.2. The van der Waals surface area contributed by atoms with Gasteiger partial charge in [-0.2, -0.15) is 0 Å². The lowest BCUT2D eigenvalue weighted by Gasteiger charge is -2.03. The summed E-state index contributed by atoms with van der Waals surface area (Å²) in [6, 6.07) is 9.75. The van der Waals surface area contributed by atoms with Crippen LogP contribution in [0.1, 0.15) is 18.9 Å². The zero-order valence-corrected chi connectivity index (χ0v) is 8.73. The van der Waals surface area contributed by atoms with Crippen molar-refractivity contribution in [2.24, 2.45) is 0 Å². The second kappa shape index (κ2) is 5.96. The summed E-state index contributed by atoms with van der Waals surface area (Å²) in [5.74, 6) is -0.613. The van der Waals surface area contributed by atoms with E-state index in [1.165, 1.54) is 6.92 Å². The quantitative estimate of drug-likeness (QED) is 0.544. The summed E-state index contributed by atoms with van der Waals surface area (Å²) in [4.78, 5) is 21.6. The van der Waals surface area contributed by atoms with Crippen molar-refractivity contribution >= 4 is 11.8 Å². The Morgan fingerprint density at radius 1 is 1.20 bits per heavy atom. The first-order valence-electron chi connectivity index (χ1n) is 4.87. The molecule has 0 saturated carbocycles. The Balaban J connectivity index is 2.22. The van der Waals surface area contributed by atoms with Crippen molar-refractivity contribution in [1.29, 1.82) is 0 Å². The van der Waals surface area contributed by atoms with Gasteiger partial charge in [0.1, 0.15) is 12.2 Å². The van der Waals surface area contributed by atoms with Crippen LogP contribution in [0, 0.1) is 0 Å². The van der Waals surface area contributed by atoms with Gasteiger partial charge < -0.3 is 4.74 Å². The van der Waals surface area contributed by atoms with E-state index in [2.05, 4.69) is 0 Å². The Morgan fingerprint density at radius 2 is 1.87 bits per heavy atom. The highest BCUT2D eigenvalue weighted by atomic mass is 16.5. The summed E-state index contributed by atoms with van der Waals surface area (Å²) in [5.41, 5.74) is 1.12. The summed E-state index contributed by atoms with van der Waals surface area (Å²) < 4.78 is 4.90. The molecule has 1 aromatic rings. The molecule has 0 heterocycles. The molecule has 0 radical (unpaired) electrons. The zero-order chi connectivity index (χ0) is 11.1. The molecule has 15 heavy (non-hydrogen) atoms. The molecule has 0 aliphatic rings. The largest absolute Gasteiger partial charge is 0.465 e. The highest BCUT2D eigenvalue weighted by Gasteiger charge is 2.05. The van der Waals surface area contributed by atoms with Crippen molar-refractivity contribution < 1.29 is 14.3 Å². The second-order valence-corrected chi connectivity index (χ2v) is 3.33. The van der Waals surface area contributed by atoms with E-state index in [1.807, 2.05) is 30.3 Å². The smallest absolute Gasteiger partial charge is 0.313 e. The summed E-state index contributed by atoms with van der Waals surface area (Å²) in [6.45, 7) is 1.70. The van der Waals surface area contributed by atoms with Gasteiger partial charge in [-0.15, -0.1) is 0 Å². The number of carbonyl (C=O) groups is 2. The number of hydrogen-bond donors (Lipinski definition) is 0. The fourth-order valence-electron chi connectivity index (χ4n) is 1.18. The Kier molecular flexibility index (Phi) is 4.54. The first-order chi connectivity index (χ1) is 7.18. The molecule has 0 fully saturated rings. The molecule has 0 spiro atoms. The molecule has 80 valence electrons. The lowest BCUT2D eigenvalue weighted by molar-refractivity contribution is -0.145. The summed E-state index contributed by atoms with van der Waals surface area (Å²) >= 11 is 0. The third kappa shape index (κ3) is 4.96. The van der Waals surface area contributed by atoms with Crippen LogP contribution in [0.25, 0.3) is 0 Å². The topological polar surface area (TPSA) is 43.4 Å². The van der Waals surface area contributed by atoms with E-state index in [1.54, 1.807) is 0 Å². The van der Waals surface area contributed by atoms with E-state index in [0.29, 0.717) is 13.0 Å². The molecule has 3 nitrogen and oxygen atoms in total. The van der Waals surface area contributed by atoms with Crippen LogP contribution in [0.3, 0.4) is 0 Å². The number of hydrogen-bond acceptors (Lipinski definition) is 3. The van der Waals surface area contributed by atoms with Crippen LogP contribution in [-0.4, -0.2) is 18.4 Å². The van der Waals surface area contributed by atoms with E-state index < -0.39 is 5.97 Å². The number of rotatable bonds is 5. The van der Waals surface area contributed by atoms with E-state index in [9.17, 15) is 9.59 Å². The standard InChI is InChI=1S/C12H14O3/c1-10(13)9-12(14)15-8-7-11-5-3-2-4-6-11/h2-6H,7-9H2,1H3. The monoisotopic (exact) mass is 206 g/mol. The normalized spacial score (nSPS) is 9.67. The van der Waals surface area contributed by atoms with E-state index in [-0.39, 0.29) is 12.2 Å². The Morgan fingerprint density at radius 3 is 2.47 bits per heavy atom. The fourth-order valence-corrected chi connectivity index (χ4v) is 1.18. The van der Waals surface area contributed by atoms with E-state index in [4.69, 9.17) is 4.74 Å². The van der Waals surface area contributed by atoms with Gasteiger partial charge in [-0.3, -0.25) is 9.59 Å². The number of carbonyl (C=O) groups excluding carboxylic acids is 2. The summed E-state index contributed by atoms with van der Waals surface area (Å²) in [6.07, 6.45) is 0.555. The van der Waals surface area contributed by atoms with Crippen LogP contribution in [0.15, 0.2) is 30.3 Å². The third-order valence-corrected chi connectivity index (χ3v) is 1.89. The fraction of sp³-hybridized carbons (Fsp3) is 0.333. The third-order valence-electron chi connectivity index (χ3n) is 1.89. The maximum absolute atomic E-state index is 11.0. The van der Waals surface area contributed by atoms with Gasteiger partial charge in [0.15, 0.2) is 0 Å². The van der Waals surface area contributed by atoms with Crippen molar-refractivity contribution in [3.8, 4) is 0 Å². The van der Waals surface area contributed by atoms with Gasteiger partial charge in [0.2, 0.25) is 0 Å². The van der Waals surface area contributed by atoms with Crippen LogP contribution in [0.4, 0.5) is 0 Å². The molecule has 0 amide bonds. The molecule has 0 N–H and O–H groups in total. The molecule has 0 atom stereocenters. The Bertz CT molecular complexity index is 330. The van der Waals surface area contributed by atoms with Crippen LogP contribution in [0.5, 0.6) is 0 Å². The zero-order valence-electron chi connectivity index (χ0n) is 8.73. The first-order valence-corrected chi connectivity index (χ1v) is 4.87. The minimum absolute atomic E-state index is 0.130. The van der Waals surface area contributed by atoms with Crippen LogP contribution >= 0.6 is 0 Å². The van der Waals surface area contributed by atoms with Crippen LogP contribution in [0.2, 0.25) is 0 Å². The molecule has 0 aliphatic heterocycles. The first kappa shape index (κ1) is 11.4. The van der Waals surface area contributed by atoms with Crippen molar-refractivity contribution in [2.75, 3.05) is 6.61 Å². The molecule has 1 rings (SSSR count). The highest BCUT2D eigenvalue weighted by molar-refractivity contribution is 5.94.